The number of carbonyl (C=O) groups is 1. The van der Waals surface area contributed by atoms with Crippen LogP contribution < -0.4 is 5.32 Å². The zero-order valence-electron chi connectivity index (χ0n) is 7.85. The van der Waals surface area contributed by atoms with Crippen molar-refractivity contribution in [3.8, 4) is 0 Å². The number of halogens is 1. The predicted octanol–water partition coefficient (Wildman–Crippen LogP) is 0.890. The van der Waals surface area contributed by atoms with Crippen LogP contribution in [0.25, 0.3) is 0 Å². The molecule has 0 saturated heterocycles. The zero-order chi connectivity index (χ0) is 10.1. The van der Waals surface area contributed by atoms with E-state index < -0.39 is 10.8 Å². The van der Waals surface area contributed by atoms with Crippen LogP contribution in [0.5, 0.6) is 0 Å². The first-order valence-electron chi connectivity index (χ1n) is 4.38. The average Bonchev–Trinajstić information content (AvgIpc) is 2.14. The summed E-state index contributed by atoms with van der Waals surface area (Å²) in [5.41, 5.74) is 0. The van der Waals surface area contributed by atoms with Gasteiger partial charge in [-0.05, 0) is 6.42 Å². The lowest BCUT2D eigenvalue weighted by molar-refractivity contribution is -0.120. The van der Waals surface area contributed by atoms with E-state index >= 15 is 0 Å². The molecule has 0 heterocycles. The minimum absolute atomic E-state index is 0.00578. The number of hydrogen-bond acceptors (Lipinski definition) is 2. The fourth-order valence-electron chi connectivity index (χ4n) is 0.764. The largest absolute Gasteiger partial charge is 0.355 e. The Morgan fingerprint density at radius 2 is 2.23 bits per heavy atom. The Balaban J connectivity index is 3.31. The summed E-state index contributed by atoms with van der Waals surface area (Å²) in [6, 6.07) is 0. The van der Waals surface area contributed by atoms with Gasteiger partial charge in [0.1, 0.15) is 0 Å². The maximum atomic E-state index is 11.0. The lowest BCUT2D eigenvalue weighted by Gasteiger charge is -2.02. The molecule has 1 atom stereocenters. The topological polar surface area (TPSA) is 46.2 Å². The van der Waals surface area contributed by atoms with Crippen LogP contribution in [0.3, 0.4) is 0 Å². The molecule has 0 aromatic heterocycles. The maximum absolute atomic E-state index is 11.0. The Hall–Kier alpha value is -0.0900. The van der Waals surface area contributed by atoms with E-state index in [0.717, 1.165) is 0 Å². The molecule has 0 fully saturated rings. The second kappa shape index (κ2) is 8.51. The number of rotatable bonds is 7. The minimum atomic E-state index is -0.790. The van der Waals surface area contributed by atoms with Crippen molar-refractivity contribution in [2.24, 2.45) is 0 Å². The van der Waals surface area contributed by atoms with Crippen LogP contribution in [-0.2, 0) is 15.6 Å². The summed E-state index contributed by atoms with van der Waals surface area (Å²) in [6.45, 7) is 2.37. The summed E-state index contributed by atoms with van der Waals surface area (Å²) >= 11 is 5.42. The van der Waals surface area contributed by atoms with Crippen LogP contribution in [0.1, 0.15) is 19.8 Å². The van der Waals surface area contributed by atoms with Gasteiger partial charge in [0.05, 0.1) is 0 Å². The molecule has 0 saturated carbocycles. The molecule has 1 amide bonds. The molecule has 0 aromatic rings. The zero-order valence-corrected chi connectivity index (χ0v) is 9.42. The van der Waals surface area contributed by atoms with E-state index in [4.69, 9.17) is 11.6 Å². The third-order valence-corrected chi connectivity index (χ3v) is 3.08. The van der Waals surface area contributed by atoms with Crippen LogP contribution in [0.15, 0.2) is 0 Å². The molecular formula is C8H16ClNO2S. The SMILES string of the molecule is CCS(=O)CCNC(=O)CCCCl. The second-order valence-electron chi connectivity index (χ2n) is 2.58. The first-order chi connectivity index (χ1) is 6.20. The maximum Gasteiger partial charge on any atom is 0.220 e. The smallest absolute Gasteiger partial charge is 0.220 e. The highest BCUT2D eigenvalue weighted by Crippen LogP contribution is 1.91. The van der Waals surface area contributed by atoms with E-state index in [1.165, 1.54) is 0 Å². The standard InChI is InChI=1S/C8H16ClNO2S/c1-2-13(12)7-6-10-8(11)4-3-5-9/h2-7H2,1H3,(H,10,11). The van der Waals surface area contributed by atoms with E-state index in [9.17, 15) is 9.00 Å². The van der Waals surface area contributed by atoms with E-state index in [0.29, 0.717) is 36.8 Å². The molecule has 1 unspecified atom stereocenters. The summed E-state index contributed by atoms with van der Waals surface area (Å²) in [7, 11) is -0.790. The molecule has 1 N–H and O–H groups in total. The first kappa shape index (κ1) is 12.9. The van der Waals surface area contributed by atoms with Crippen molar-refractivity contribution in [3.63, 3.8) is 0 Å². The van der Waals surface area contributed by atoms with Crippen LogP contribution in [0.4, 0.5) is 0 Å². The number of amides is 1. The van der Waals surface area contributed by atoms with Gasteiger partial charge >= 0.3 is 0 Å². The molecule has 0 bridgehead atoms. The molecule has 0 aliphatic rings. The molecular weight excluding hydrogens is 210 g/mol. The Morgan fingerprint density at radius 3 is 2.77 bits per heavy atom. The van der Waals surface area contributed by atoms with Crippen molar-refractivity contribution in [3.05, 3.63) is 0 Å². The second-order valence-corrected chi connectivity index (χ2v) is 4.82. The molecule has 0 aromatic carbocycles. The van der Waals surface area contributed by atoms with E-state index in [1.807, 2.05) is 6.92 Å². The Bertz CT molecular complexity index is 176. The number of nitrogens with one attached hydrogen (secondary N) is 1. The number of hydrogen-bond donors (Lipinski definition) is 1. The van der Waals surface area contributed by atoms with Gasteiger partial charge in [-0.1, -0.05) is 6.92 Å². The van der Waals surface area contributed by atoms with Crippen molar-refractivity contribution >= 4 is 28.3 Å². The summed E-state index contributed by atoms with van der Waals surface area (Å²) in [6.07, 6.45) is 1.16. The van der Waals surface area contributed by atoms with Gasteiger partial charge in [0.25, 0.3) is 0 Å². The molecule has 13 heavy (non-hydrogen) atoms. The van der Waals surface area contributed by atoms with Crippen LogP contribution >= 0.6 is 11.6 Å². The van der Waals surface area contributed by atoms with Crippen molar-refractivity contribution in [2.45, 2.75) is 19.8 Å². The van der Waals surface area contributed by atoms with E-state index in [2.05, 4.69) is 5.32 Å². The van der Waals surface area contributed by atoms with Crippen molar-refractivity contribution in [2.75, 3.05) is 23.9 Å². The third-order valence-electron chi connectivity index (χ3n) is 1.51. The van der Waals surface area contributed by atoms with Gasteiger partial charge in [0.2, 0.25) is 5.91 Å². The fraction of sp³-hybridized carbons (Fsp3) is 0.875. The Labute approximate surface area is 86.7 Å². The van der Waals surface area contributed by atoms with E-state index in [1.54, 1.807) is 0 Å². The van der Waals surface area contributed by atoms with Crippen molar-refractivity contribution in [1.29, 1.82) is 0 Å². The quantitative estimate of drug-likeness (QED) is 0.655. The highest BCUT2D eigenvalue weighted by molar-refractivity contribution is 7.84. The lowest BCUT2D eigenvalue weighted by atomic mass is 10.3. The molecule has 3 nitrogen and oxygen atoms in total. The fourth-order valence-corrected chi connectivity index (χ4v) is 1.52. The molecule has 0 radical (unpaired) electrons. The monoisotopic (exact) mass is 225 g/mol. The number of carbonyl (C=O) groups excluding carboxylic acids is 1. The Morgan fingerprint density at radius 1 is 1.54 bits per heavy atom. The molecule has 0 rings (SSSR count). The first-order valence-corrected chi connectivity index (χ1v) is 6.40. The van der Waals surface area contributed by atoms with Gasteiger partial charge in [-0.3, -0.25) is 9.00 Å². The molecule has 78 valence electrons. The summed E-state index contributed by atoms with van der Waals surface area (Å²) in [4.78, 5) is 11.0. The summed E-state index contributed by atoms with van der Waals surface area (Å²) in [5, 5.41) is 2.69. The normalized spacial score (nSPS) is 12.5. The van der Waals surface area contributed by atoms with Crippen LogP contribution in [-0.4, -0.2) is 34.0 Å². The Kier molecular flexibility index (Phi) is 8.45. The van der Waals surface area contributed by atoms with E-state index in [-0.39, 0.29) is 5.91 Å². The molecule has 0 spiro atoms. The van der Waals surface area contributed by atoms with Crippen LogP contribution in [0, 0.1) is 0 Å². The highest BCUT2D eigenvalue weighted by atomic mass is 35.5. The van der Waals surface area contributed by atoms with Crippen molar-refractivity contribution in [1.82, 2.24) is 5.32 Å². The van der Waals surface area contributed by atoms with Gasteiger partial charge in [0, 0.05) is 41.2 Å². The third kappa shape index (κ3) is 8.25. The van der Waals surface area contributed by atoms with Gasteiger partial charge in [-0.25, -0.2) is 0 Å². The molecule has 0 aliphatic carbocycles. The van der Waals surface area contributed by atoms with Gasteiger partial charge < -0.3 is 5.32 Å². The number of alkyl halides is 1. The predicted molar refractivity (Wildman–Crippen MR) is 56.5 cm³/mol. The highest BCUT2D eigenvalue weighted by Gasteiger charge is 2.00. The summed E-state index contributed by atoms with van der Waals surface area (Å²) < 4.78 is 10.9. The molecule has 0 aliphatic heterocycles. The van der Waals surface area contributed by atoms with Gasteiger partial charge in [0.15, 0.2) is 0 Å². The van der Waals surface area contributed by atoms with Gasteiger partial charge in [-0.15, -0.1) is 11.6 Å². The summed E-state index contributed by atoms with van der Waals surface area (Å²) in [5.74, 6) is 1.70. The van der Waals surface area contributed by atoms with Crippen molar-refractivity contribution < 1.29 is 9.00 Å². The molecule has 5 heteroatoms. The minimum Gasteiger partial charge on any atom is -0.355 e. The average molecular weight is 226 g/mol. The lowest BCUT2D eigenvalue weighted by Crippen LogP contribution is -2.27. The van der Waals surface area contributed by atoms with Gasteiger partial charge in [-0.2, -0.15) is 0 Å². The van der Waals surface area contributed by atoms with Crippen LogP contribution in [0.2, 0.25) is 0 Å².